The summed E-state index contributed by atoms with van der Waals surface area (Å²) in [4.78, 5) is 2.02. The van der Waals surface area contributed by atoms with Crippen molar-refractivity contribution in [3.05, 3.63) is 28.9 Å². The highest BCUT2D eigenvalue weighted by Crippen LogP contribution is 2.32. The van der Waals surface area contributed by atoms with Crippen LogP contribution in [0.1, 0.15) is 18.5 Å². The lowest BCUT2D eigenvalue weighted by atomic mass is 10.1. The molecule has 0 aromatic carbocycles. The van der Waals surface area contributed by atoms with Gasteiger partial charge in [-0.1, -0.05) is 11.6 Å². The monoisotopic (exact) mass is 364 g/mol. The summed E-state index contributed by atoms with van der Waals surface area (Å²) in [6.07, 6.45) is 1.68. The number of sulfone groups is 1. The van der Waals surface area contributed by atoms with E-state index in [9.17, 15) is 8.42 Å². The number of hydrogen-bond acceptors (Lipinski definition) is 5. The van der Waals surface area contributed by atoms with E-state index in [0.29, 0.717) is 18.1 Å². The van der Waals surface area contributed by atoms with Crippen molar-refractivity contribution >= 4 is 45.2 Å². The van der Waals surface area contributed by atoms with E-state index < -0.39 is 9.84 Å². The molecule has 2 aromatic rings. The van der Waals surface area contributed by atoms with Gasteiger partial charge in [-0.25, -0.2) is 12.9 Å². The van der Waals surface area contributed by atoms with Crippen LogP contribution in [0.4, 0.5) is 5.82 Å². The van der Waals surface area contributed by atoms with Crippen LogP contribution in [0.3, 0.4) is 0 Å². The molecule has 1 aliphatic heterocycles. The SMILES string of the molecule is C[C@H](N)c1cc(Cl)c2ccnn2c1N1CCS(=O)(=O)CC1.Cl. The zero-order valence-corrected chi connectivity index (χ0v) is 14.5. The van der Waals surface area contributed by atoms with Gasteiger partial charge in [-0.2, -0.15) is 5.10 Å². The van der Waals surface area contributed by atoms with Gasteiger partial charge in [0, 0.05) is 24.7 Å². The Bertz CT molecular complexity index is 775. The van der Waals surface area contributed by atoms with Crippen molar-refractivity contribution in [2.45, 2.75) is 13.0 Å². The smallest absolute Gasteiger partial charge is 0.153 e. The number of hydrogen-bond donors (Lipinski definition) is 1. The van der Waals surface area contributed by atoms with Crippen LogP contribution in [0.2, 0.25) is 5.02 Å². The summed E-state index contributed by atoms with van der Waals surface area (Å²) in [7, 11) is -2.93. The molecule has 0 aliphatic carbocycles. The molecule has 0 bridgehead atoms. The minimum atomic E-state index is -2.93. The summed E-state index contributed by atoms with van der Waals surface area (Å²) < 4.78 is 25.0. The second-order valence-electron chi connectivity index (χ2n) is 5.33. The summed E-state index contributed by atoms with van der Waals surface area (Å²) in [5.41, 5.74) is 7.73. The average molecular weight is 365 g/mol. The minimum absolute atomic E-state index is 0. The lowest BCUT2D eigenvalue weighted by Crippen LogP contribution is -2.42. The second kappa shape index (κ2) is 6.23. The Kier molecular flexibility index (Phi) is 4.91. The predicted molar refractivity (Wildman–Crippen MR) is 90.9 cm³/mol. The standard InChI is InChI=1S/C13H17ClN4O2S.ClH/c1-9(15)10-8-11(14)12-2-3-16-18(12)13(10)17-4-6-21(19,20)7-5-17;/h2-3,8-9H,4-7,15H2,1H3;1H/t9-;/m0./s1. The van der Waals surface area contributed by atoms with Crippen LogP contribution < -0.4 is 10.6 Å². The molecule has 0 radical (unpaired) electrons. The van der Waals surface area contributed by atoms with Gasteiger partial charge < -0.3 is 10.6 Å². The number of nitrogens with two attached hydrogens (primary N) is 1. The molecule has 2 N–H and O–H groups in total. The molecule has 1 fully saturated rings. The van der Waals surface area contributed by atoms with Crippen LogP contribution in [0.5, 0.6) is 0 Å². The second-order valence-corrected chi connectivity index (χ2v) is 8.04. The van der Waals surface area contributed by atoms with Crippen LogP contribution in [0.25, 0.3) is 5.52 Å². The quantitative estimate of drug-likeness (QED) is 0.876. The fraction of sp³-hybridized carbons (Fsp3) is 0.462. The number of halogens is 2. The van der Waals surface area contributed by atoms with Gasteiger partial charge in [-0.05, 0) is 19.1 Å². The number of rotatable bonds is 2. The van der Waals surface area contributed by atoms with Crippen LogP contribution in [0.15, 0.2) is 18.3 Å². The van der Waals surface area contributed by atoms with Gasteiger partial charge in [0.25, 0.3) is 0 Å². The number of fused-ring (bicyclic) bond motifs is 1. The minimum Gasteiger partial charge on any atom is -0.354 e. The van der Waals surface area contributed by atoms with E-state index >= 15 is 0 Å². The van der Waals surface area contributed by atoms with E-state index in [1.165, 1.54) is 0 Å². The van der Waals surface area contributed by atoms with E-state index in [4.69, 9.17) is 17.3 Å². The summed E-state index contributed by atoms with van der Waals surface area (Å²) in [5, 5.41) is 4.91. The number of aromatic nitrogens is 2. The number of nitrogens with zero attached hydrogens (tertiary/aromatic N) is 3. The topological polar surface area (TPSA) is 80.7 Å². The molecular formula is C13H18Cl2N4O2S. The van der Waals surface area contributed by atoms with E-state index in [0.717, 1.165) is 16.9 Å². The molecule has 3 rings (SSSR count). The van der Waals surface area contributed by atoms with E-state index in [1.807, 2.05) is 24.0 Å². The molecule has 22 heavy (non-hydrogen) atoms. The third-order valence-corrected chi connectivity index (χ3v) is 5.67. The molecule has 1 saturated heterocycles. The summed E-state index contributed by atoms with van der Waals surface area (Å²) in [6, 6.07) is 3.46. The van der Waals surface area contributed by atoms with Crippen molar-refractivity contribution in [1.29, 1.82) is 0 Å². The number of anilines is 1. The normalized spacial score (nSPS) is 19.0. The highest BCUT2D eigenvalue weighted by molar-refractivity contribution is 7.91. The molecule has 9 heteroatoms. The van der Waals surface area contributed by atoms with Gasteiger partial charge >= 0.3 is 0 Å². The predicted octanol–water partition coefficient (Wildman–Crippen LogP) is 1.66. The van der Waals surface area contributed by atoms with E-state index in [2.05, 4.69) is 5.10 Å². The van der Waals surface area contributed by atoms with E-state index in [1.54, 1.807) is 10.7 Å². The first kappa shape index (κ1) is 17.3. The molecule has 0 spiro atoms. The number of pyridine rings is 1. The van der Waals surface area contributed by atoms with Gasteiger partial charge in [0.2, 0.25) is 0 Å². The van der Waals surface area contributed by atoms with E-state index in [-0.39, 0.29) is 30.0 Å². The Morgan fingerprint density at radius 3 is 2.59 bits per heavy atom. The first-order valence-corrected chi connectivity index (χ1v) is 8.96. The van der Waals surface area contributed by atoms with Gasteiger partial charge in [0.05, 0.1) is 28.2 Å². The maximum atomic E-state index is 11.6. The molecule has 6 nitrogen and oxygen atoms in total. The summed E-state index contributed by atoms with van der Waals surface area (Å²) >= 11 is 6.27. The molecule has 0 saturated carbocycles. The molecule has 3 heterocycles. The van der Waals surface area contributed by atoms with Crippen LogP contribution >= 0.6 is 24.0 Å². The highest BCUT2D eigenvalue weighted by Gasteiger charge is 2.26. The molecule has 0 amide bonds. The summed E-state index contributed by atoms with van der Waals surface area (Å²) in [6.45, 7) is 2.77. The first-order chi connectivity index (χ1) is 9.89. The van der Waals surface area contributed by atoms with Crippen molar-refractivity contribution in [3.63, 3.8) is 0 Å². The molecule has 0 unspecified atom stereocenters. The van der Waals surface area contributed by atoms with Crippen molar-refractivity contribution < 1.29 is 8.42 Å². The summed E-state index contributed by atoms with van der Waals surface area (Å²) in [5.74, 6) is 1.14. The Balaban J connectivity index is 0.00000176. The van der Waals surface area contributed by atoms with Gasteiger partial charge in [0.15, 0.2) is 9.84 Å². The maximum absolute atomic E-state index is 11.6. The fourth-order valence-electron chi connectivity index (χ4n) is 2.63. The van der Waals surface area contributed by atoms with Crippen molar-refractivity contribution in [2.75, 3.05) is 29.5 Å². The van der Waals surface area contributed by atoms with Crippen LogP contribution in [0, 0.1) is 0 Å². The highest BCUT2D eigenvalue weighted by atomic mass is 35.5. The molecular weight excluding hydrogens is 347 g/mol. The maximum Gasteiger partial charge on any atom is 0.153 e. The largest absolute Gasteiger partial charge is 0.354 e. The fourth-order valence-corrected chi connectivity index (χ4v) is 4.09. The van der Waals surface area contributed by atoms with Crippen LogP contribution in [-0.2, 0) is 9.84 Å². The zero-order valence-electron chi connectivity index (χ0n) is 12.1. The van der Waals surface area contributed by atoms with Crippen molar-refractivity contribution in [1.82, 2.24) is 9.61 Å². The third-order valence-electron chi connectivity index (χ3n) is 3.76. The Morgan fingerprint density at radius 2 is 2.00 bits per heavy atom. The molecule has 122 valence electrons. The lowest BCUT2D eigenvalue weighted by Gasteiger charge is -2.31. The van der Waals surface area contributed by atoms with Gasteiger partial charge in [0.1, 0.15) is 5.82 Å². The van der Waals surface area contributed by atoms with Crippen molar-refractivity contribution in [3.8, 4) is 0 Å². The zero-order chi connectivity index (χ0) is 15.2. The lowest BCUT2D eigenvalue weighted by molar-refractivity contribution is 0.585. The molecule has 2 aromatic heterocycles. The van der Waals surface area contributed by atoms with Crippen LogP contribution in [-0.4, -0.2) is 42.6 Å². The Hall–Kier alpha value is -1.02. The molecule has 1 atom stereocenters. The third kappa shape index (κ3) is 3.03. The first-order valence-electron chi connectivity index (χ1n) is 6.76. The Labute approximate surface area is 140 Å². The molecule has 1 aliphatic rings. The average Bonchev–Trinajstić information content (AvgIpc) is 2.89. The van der Waals surface area contributed by atoms with Gasteiger partial charge in [-0.15, -0.1) is 12.4 Å². The Morgan fingerprint density at radius 1 is 1.36 bits per heavy atom. The van der Waals surface area contributed by atoms with Crippen molar-refractivity contribution in [2.24, 2.45) is 5.73 Å². The van der Waals surface area contributed by atoms with Gasteiger partial charge in [-0.3, -0.25) is 0 Å².